The molecule has 0 radical (unpaired) electrons. The fourth-order valence-electron chi connectivity index (χ4n) is 2.36. The minimum absolute atomic E-state index is 0.0351. The van der Waals surface area contributed by atoms with Gasteiger partial charge >= 0.3 is 0 Å². The number of likely N-dealkylation sites (N-methyl/N-ethyl adjacent to an activating group) is 1. The second-order valence-corrected chi connectivity index (χ2v) is 6.54. The fourth-order valence-corrected chi connectivity index (χ4v) is 2.36. The van der Waals surface area contributed by atoms with Crippen molar-refractivity contribution in [3.63, 3.8) is 0 Å². The van der Waals surface area contributed by atoms with E-state index in [9.17, 15) is 4.79 Å². The van der Waals surface area contributed by atoms with Crippen LogP contribution in [0.25, 0.3) is 0 Å². The first-order valence-corrected chi connectivity index (χ1v) is 6.73. The molecule has 17 heavy (non-hydrogen) atoms. The number of piperidine rings is 1. The number of nitrogens with zero attached hydrogens (tertiary/aromatic N) is 1. The summed E-state index contributed by atoms with van der Waals surface area (Å²) in [6.07, 6.45) is 3.26. The predicted octanol–water partition coefficient (Wildman–Crippen LogP) is 2.41. The predicted molar refractivity (Wildman–Crippen MR) is 71.9 cm³/mol. The standard InChI is InChI=1S/C14H28N2O/c1-7-14(4,5)16(6)12(17)11-13(2,3)9-8-10-15-11/h11,15H,7-10H2,1-6H3. The highest BCUT2D eigenvalue weighted by Crippen LogP contribution is 2.32. The molecular formula is C14H28N2O. The van der Waals surface area contributed by atoms with Crippen LogP contribution in [-0.4, -0.2) is 36.0 Å². The van der Waals surface area contributed by atoms with Crippen molar-refractivity contribution >= 4 is 5.91 Å². The summed E-state index contributed by atoms with van der Waals surface area (Å²) in [6.45, 7) is 11.7. The monoisotopic (exact) mass is 240 g/mol. The quantitative estimate of drug-likeness (QED) is 0.821. The summed E-state index contributed by atoms with van der Waals surface area (Å²) in [5, 5.41) is 3.40. The molecule has 3 heteroatoms. The second-order valence-electron chi connectivity index (χ2n) is 6.54. The van der Waals surface area contributed by atoms with Gasteiger partial charge in [-0.15, -0.1) is 0 Å². The minimum Gasteiger partial charge on any atom is -0.339 e. The molecule has 3 nitrogen and oxygen atoms in total. The first-order valence-electron chi connectivity index (χ1n) is 6.73. The van der Waals surface area contributed by atoms with Crippen LogP contribution in [0.3, 0.4) is 0 Å². The van der Waals surface area contributed by atoms with Gasteiger partial charge in [-0.25, -0.2) is 0 Å². The molecule has 1 aliphatic heterocycles. The van der Waals surface area contributed by atoms with Gasteiger partial charge in [0.25, 0.3) is 0 Å². The summed E-state index contributed by atoms with van der Waals surface area (Å²) >= 11 is 0. The van der Waals surface area contributed by atoms with Crippen molar-refractivity contribution in [1.29, 1.82) is 0 Å². The molecule has 1 aliphatic rings. The van der Waals surface area contributed by atoms with E-state index in [2.05, 4.69) is 39.9 Å². The van der Waals surface area contributed by atoms with Crippen LogP contribution in [0.5, 0.6) is 0 Å². The van der Waals surface area contributed by atoms with Gasteiger partial charge in [-0.2, -0.15) is 0 Å². The highest BCUT2D eigenvalue weighted by Gasteiger charge is 2.40. The average Bonchev–Trinajstić information content (AvgIpc) is 2.26. The lowest BCUT2D eigenvalue weighted by molar-refractivity contribution is -0.141. The summed E-state index contributed by atoms with van der Waals surface area (Å²) in [5.74, 6) is 0.238. The SMILES string of the molecule is CCC(C)(C)N(C)C(=O)C1NCCCC1(C)C. The highest BCUT2D eigenvalue weighted by atomic mass is 16.2. The number of rotatable bonds is 3. The first-order chi connectivity index (χ1) is 7.72. The van der Waals surface area contributed by atoms with Crippen molar-refractivity contribution in [3.8, 4) is 0 Å². The van der Waals surface area contributed by atoms with Gasteiger partial charge in [-0.05, 0) is 45.1 Å². The zero-order chi connectivity index (χ0) is 13.3. The summed E-state index contributed by atoms with van der Waals surface area (Å²) in [7, 11) is 1.93. The van der Waals surface area contributed by atoms with Gasteiger partial charge in [0.15, 0.2) is 0 Å². The van der Waals surface area contributed by atoms with Crippen molar-refractivity contribution < 1.29 is 4.79 Å². The maximum atomic E-state index is 12.6. The molecule has 100 valence electrons. The van der Waals surface area contributed by atoms with E-state index in [4.69, 9.17) is 0 Å². The molecular weight excluding hydrogens is 212 g/mol. The van der Waals surface area contributed by atoms with E-state index >= 15 is 0 Å². The van der Waals surface area contributed by atoms with Crippen molar-refractivity contribution in [2.45, 2.75) is 65.5 Å². The Kier molecular flexibility index (Phi) is 4.23. The van der Waals surface area contributed by atoms with E-state index < -0.39 is 0 Å². The lowest BCUT2D eigenvalue weighted by atomic mass is 9.76. The molecule has 0 aliphatic carbocycles. The van der Waals surface area contributed by atoms with Crippen LogP contribution >= 0.6 is 0 Å². The van der Waals surface area contributed by atoms with Gasteiger partial charge < -0.3 is 10.2 Å². The number of hydrogen-bond donors (Lipinski definition) is 1. The van der Waals surface area contributed by atoms with Crippen LogP contribution in [0.15, 0.2) is 0 Å². The van der Waals surface area contributed by atoms with Crippen LogP contribution < -0.4 is 5.32 Å². The van der Waals surface area contributed by atoms with Crippen molar-refractivity contribution in [1.82, 2.24) is 10.2 Å². The topological polar surface area (TPSA) is 32.3 Å². The molecule has 1 unspecified atom stereocenters. The summed E-state index contributed by atoms with van der Waals surface area (Å²) in [6, 6.07) is -0.0351. The maximum absolute atomic E-state index is 12.6. The number of nitrogens with one attached hydrogen (secondary N) is 1. The average molecular weight is 240 g/mol. The van der Waals surface area contributed by atoms with Gasteiger partial charge in [0.1, 0.15) is 0 Å². The molecule has 0 aromatic rings. The highest BCUT2D eigenvalue weighted by molar-refractivity contribution is 5.83. The van der Waals surface area contributed by atoms with Crippen LogP contribution in [0, 0.1) is 5.41 Å². The van der Waals surface area contributed by atoms with Gasteiger partial charge in [0.2, 0.25) is 5.91 Å². The summed E-state index contributed by atoms with van der Waals surface area (Å²) in [4.78, 5) is 14.5. The van der Waals surface area contributed by atoms with E-state index in [1.54, 1.807) is 0 Å². The maximum Gasteiger partial charge on any atom is 0.240 e. The molecule has 0 aromatic heterocycles. The molecule has 1 rings (SSSR count). The number of carbonyl (C=O) groups is 1. The van der Waals surface area contributed by atoms with Crippen LogP contribution in [-0.2, 0) is 4.79 Å². The smallest absolute Gasteiger partial charge is 0.240 e. The summed E-state index contributed by atoms with van der Waals surface area (Å²) < 4.78 is 0. The third-order valence-corrected chi connectivity index (χ3v) is 4.48. The molecule has 0 bridgehead atoms. The fraction of sp³-hybridized carbons (Fsp3) is 0.929. The van der Waals surface area contributed by atoms with Crippen LogP contribution in [0.2, 0.25) is 0 Å². The Morgan fingerprint density at radius 2 is 2.06 bits per heavy atom. The number of amides is 1. The molecule has 1 amide bonds. The zero-order valence-corrected chi connectivity index (χ0v) is 12.3. The molecule has 0 saturated carbocycles. The molecule has 1 atom stereocenters. The lowest BCUT2D eigenvalue weighted by Gasteiger charge is -2.44. The largest absolute Gasteiger partial charge is 0.339 e. The van der Waals surface area contributed by atoms with Gasteiger partial charge in [-0.3, -0.25) is 4.79 Å². The zero-order valence-electron chi connectivity index (χ0n) is 12.3. The molecule has 0 spiro atoms. The van der Waals surface area contributed by atoms with Crippen molar-refractivity contribution in [2.75, 3.05) is 13.6 Å². The van der Waals surface area contributed by atoms with Crippen LogP contribution in [0.1, 0.15) is 53.9 Å². The van der Waals surface area contributed by atoms with Crippen molar-refractivity contribution in [2.24, 2.45) is 5.41 Å². The van der Waals surface area contributed by atoms with Crippen LogP contribution in [0.4, 0.5) is 0 Å². The minimum atomic E-state index is -0.0632. The Labute approximate surface area is 106 Å². The molecule has 1 saturated heterocycles. The first kappa shape index (κ1) is 14.5. The Hall–Kier alpha value is -0.570. The number of hydrogen-bond acceptors (Lipinski definition) is 2. The van der Waals surface area contributed by atoms with Gasteiger partial charge in [0, 0.05) is 12.6 Å². The number of carbonyl (C=O) groups excluding carboxylic acids is 1. The molecule has 0 aromatic carbocycles. The second kappa shape index (κ2) is 4.97. The van der Waals surface area contributed by atoms with E-state index in [-0.39, 0.29) is 22.9 Å². The molecule has 1 heterocycles. The lowest BCUT2D eigenvalue weighted by Crippen LogP contribution is -2.59. The van der Waals surface area contributed by atoms with E-state index in [1.807, 2.05) is 11.9 Å². The Morgan fingerprint density at radius 3 is 2.53 bits per heavy atom. The van der Waals surface area contributed by atoms with Crippen molar-refractivity contribution in [3.05, 3.63) is 0 Å². The molecule has 1 N–H and O–H groups in total. The van der Waals surface area contributed by atoms with Gasteiger partial charge in [-0.1, -0.05) is 20.8 Å². The van der Waals surface area contributed by atoms with Gasteiger partial charge in [0.05, 0.1) is 6.04 Å². The Morgan fingerprint density at radius 1 is 1.47 bits per heavy atom. The summed E-state index contributed by atoms with van der Waals surface area (Å²) in [5.41, 5.74) is -0.000292. The van der Waals surface area contributed by atoms with E-state index in [0.29, 0.717) is 0 Å². The van der Waals surface area contributed by atoms with E-state index in [1.165, 1.54) is 0 Å². The molecule has 1 fully saturated rings. The third-order valence-electron chi connectivity index (χ3n) is 4.48. The normalized spacial score (nSPS) is 24.5. The Balaban J connectivity index is 2.82. The Bertz CT molecular complexity index is 284. The third kappa shape index (κ3) is 3.01. The van der Waals surface area contributed by atoms with E-state index in [0.717, 1.165) is 25.8 Å².